The average molecular weight is 750 g/mol. The van der Waals surface area contributed by atoms with Crippen LogP contribution in [0.1, 0.15) is 48.0 Å². The summed E-state index contributed by atoms with van der Waals surface area (Å²) in [5.41, 5.74) is 4.63. The van der Waals surface area contributed by atoms with Crippen LogP contribution in [0, 0.1) is 16.0 Å². The van der Waals surface area contributed by atoms with Gasteiger partial charge in [-0.3, -0.25) is 24.6 Å². The quantitative estimate of drug-likeness (QED) is 0.117. The molecule has 4 aromatic rings. The number of anilines is 2. The van der Waals surface area contributed by atoms with Crippen molar-refractivity contribution in [1.29, 1.82) is 0 Å². The molecule has 3 heterocycles. The normalized spacial score (nSPS) is 23.1. The first-order valence-electron chi connectivity index (χ1n) is 18.3. The van der Waals surface area contributed by atoms with E-state index >= 15 is 0 Å². The van der Waals surface area contributed by atoms with Gasteiger partial charge in [0.1, 0.15) is 12.6 Å². The molecule has 3 amide bonds. The number of piperazine rings is 1. The molecule has 3 saturated heterocycles. The Morgan fingerprint density at radius 2 is 1.51 bits per heavy atom. The van der Waals surface area contributed by atoms with Gasteiger partial charge in [-0.25, -0.2) is 9.69 Å². The van der Waals surface area contributed by atoms with Gasteiger partial charge in [0.2, 0.25) is 5.91 Å². The maximum Gasteiger partial charge on any atom is 0.408 e. The Hall–Kier alpha value is -5.67. The maximum absolute atomic E-state index is 13.3. The summed E-state index contributed by atoms with van der Waals surface area (Å²) in [6, 6.07) is 29.3. The van der Waals surface area contributed by atoms with E-state index in [2.05, 4.69) is 22.0 Å². The third-order valence-corrected chi connectivity index (χ3v) is 10.4. The summed E-state index contributed by atoms with van der Waals surface area (Å²) in [7, 11) is 0. The molecule has 3 aliphatic rings. The van der Waals surface area contributed by atoms with Gasteiger partial charge >= 0.3 is 6.09 Å². The van der Waals surface area contributed by atoms with Crippen LogP contribution in [0.2, 0.25) is 0 Å². The Bertz CT molecular complexity index is 1970. The van der Waals surface area contributed by atoms with Gasteiger partial charge in [0.15, 0.2) is 6.29 Å². The van der Waals surface area contributed by atoms with Crippen LogP contribution >= 0.6 is 0 Å². The second kappa shape index (κ2) is 16.8. The summed E-state index contributed by atoms with van der Waals surface area (Å²) < 4.78 is 18.5. The molecule has 55 heavy (non-hydrogen) atoms. The topological polar surface area (TPSA) is 164 Å². The number of hydrogen-bond acceptors (Lipinski definition) is 11. The summed E-state index contributed by atoms with van der Waals surface area (Å²) in [6.45, 7) is 5.79. The number of nitro benzene ring substituents is 1. The molecule has 4 aromatic carbocycles. The van der Waals surface area contributed by atoms with Crippen LogP contribution in [-0.2, 0) is 37.0 Å². The van der Waals surface area contributed by atoms with E-state index in [4.69, 9.17) is 14.2 Å². The maximum atomic E-state index is 13.3. The third kappa shape index (κ3) is 8.68. The van der Waals surface area contributed by atoms with Crippen molar-refractivity contribution in [2.45, 2.75) is 51.1 Å². The second-order valence-corrected chi connectivity index (χ2v) is 14.0. The standard InChI is InChI=1S/C41H43N5O9/c1-27-36(24-43-19-21-44(22-20-43)32-15-17-34(18-16-32)46(51)52)54-40(55-38(27)30-9-7-28(25-47)8-10-30)31-11-13-33(14-12-31)45-37(48)23-35(39(45)49)42-41(50)53-26-29-5-3-2-4-6-29/h2-18,27,35-36,38,40,47H,19-26H2,1H3,(H,42,50)/t27-,35?,36+,38+,40+/m1/s1. The van der Waals surface area contributed by atoms with Crippen molar-refractivity contribution in [3.8, 4) is 0 Å². The molecular weight excluding hydrogens is 706 g/mol. The molecule has 0 saturated carbocycles. The van der Waals surface area contributed by atoms with Gasteiger partial charge in [-0.05, 0) is 41.0 Å². The van der Waals surface area contributed by atoms with Crippen LogP contribution in [0.3, 0.4) is 0 Å². The monoisotopic (exact) mass is 749 g/mol. The van der Waals surface area contributed by atoms with Crippen molar-refractivity contribution in [1.82, 2.24) is 10.2 Å². The number of aliphatic hydroxyl groups is 1. The summed E-state index contributed by atoms with van der Waals surface area (Å²) in [6.07, 6.45) is -2.27. The summed E-state index contributed by atoms with van der Waals surface area (Å²) >= 11 is 0. The molecule has 286 valence electrons. The number of rotatable bonds is 11. The second-order valence-electron chi connectivity index (χ2n) is 14.0. The van der Waals surface area contributed by atoms with Crippen LogP contribution in [0.5, 0.6) is 0 Å². The minimum absolute atomic E-state index is 0.0351. The van der Waals surface area contributed by atoms with Crippen molar-refractivity contribution in [2.75, 3.05) is 42.5 Å². The fraction of sp³-hybridized carbons (Fsp3) is 0.341. The number of nitrogens with one attached hydrogen (secondary N) is 1. The highest BCUT2D eigenvalue weighted by molar-refractivity contribution is 6.22. The van der Waals surface area contributed by atoms with Crippen LogP contribution < -0.4 is 15.1 Å². The van der Waals surface area contributed by atoms with Gasteiger partial charge in [-0.2, -0.15) is 0 Å². The number of benzene rings is 4. The fourth-order valence-electron chi connectivity index (χ4n) is 7.26. The SMILES string of the molecule is C[C@@H]1[C@H](CN2CCN(c3ccc([N+](=O)[O-])cc3)CC2)O[C@H](c2ccc(N3C(=O)CC(NC(=O)OCc4ccccc4)C3=O)cc2)O[C@@H]1c1ccc(CO)cc1. The molecule has 1 unspecified atom stereocenters. The average Bonchev–Trinajstić information content (AvgIpc) is 3.49. The number of imide groups is 1. The number of non-ortho nitro benzene ring substituents is 1. The highest BCUT2D eigenvalue weighted by atomic mass is 16.7. The molecule has 0 bridgehead atoms. The number of nitro groups is 1. The molecule has 3 fully saturated rings. The van der Waals surface area contributed by atoms with E-state index in [1.807, 2.05) is 54.6 Å². The smallest absolute Gasteiger partial charge is 0.408 e. The Morgan fingerprint density at radius 1 is 0.855 bits per heavy atom. The van der Waals surface area contributed by atoms with E-state index in [0.717, 1.165) is 53.5 Å². The van der Waals surface area contributed by atoms with Crippen molar-refractivity contribution < 1.29 is 38.6 Å². The highest BCUT2D eigenvalue weighted by Gasteiger charge is 2.42. The zero-order valence-corrected chi connectivity index (χ0v) is 30.4. The first-order valence-corrected chi connectivity index (χ1v) is 18.3. The number of hydrogen-bond donors (Lipinski definition) is 2. The van der Waals surface area contributed by atoms with Gasteiger partial charge < -0.3 is 29.5 Å². The fourth-order valence-corrected chi connectivity index (χ4v) is 7.26. The summed E-state index contributed by atoms with van der Waals surface area (Å²) in [5.74, 6) is -1.02. The number of amides is 3. The molecule has 7 rings (SSSR count). The Kier molecular flexibility index (Phi) is 11.5. The first-order chi connectivity index (χ1) is 26.7. The van der Waals surface area contributed by atoms with Crippen LogP contribution in [-0.4, -0.2) is 77.7 Å². The third-order valence-electron chi connectivity index (χ3n) is 10.4. The minimum atomic E-state index is -1.04. The largest absolute Gasteiger partial charge is 0.445 e. The predicted octanol–water partition coefficient (Wildman–Crippen LogP) is 5.26. The zero-order chi connectivity index (χ0) is 38.5. The lowest BCUT2D eigenvalue weighted by atomic mass is 9.90. The molecule has 3 aliphatic heterocycles. The van der Waals surface area contributed by atoms with Crippen molar-refractivity contribution in [3.63, 3.8) is 0 Å². The minimum Gasteiger partial charge on any atom is -0.445 e. The lowest BCUT2D eigenvalue weighted by molar-refractivity contribution is -0.384. The van der Waals surface area contributed by atoms with Crippen molar-refractivity contribution in [3.05, 3.63) is 135 Å². The number of carbonyl (C=O) groups is 3. The van der Waals surface area contributed by atoms with Crippen LogP contribution in [0.15, 0.2) is 103 Å². The van der Waals surface area contributed by atoms with Crippen molar-refractivity contribution in [2.24, 2.45) is 5.92 Å². The molecule has 0 aliphatic carbocycles. The number of carbonyl (C=O) groups excluding carboxylic acids is 3. The summed E-state index contributed by atoms with van der Waals surface area (Å²) in [4.78, 5) is 55.1. The van der Waals surface area contributed by atoms with Gasteiger partial charge in [0, 0.05) is 62.0 Å². The zero-order valence-electron chi connectivity index (χ0n) is 30.4. The number of alkyl carbamates (subject to hydrolysis) is 1. The lowest BCUT2D eigenvalue weighted by Gasteiger charge is -2.44. The molecule has 0 radical (unpaired) electrons. The van der Waals surface area contributed by atoms with E-state index in [0.29, 0.717) is 17.8 Å². The molecule has 2 N–H and O–H groups in total. The predicted molar refractivity (Wildman–Crippen MR) is 202 cm³/mol. The molecule has 5 atom stereocenters. The lowest BCUT2D eigenvalue weighted by Crippen LogP contribution is -2.51. The van der Waals surface area contributed by atoms with Gasteiger partial charge in [0.05, 0.1) is 35.8 Å². The number of aliphatic hydroxyl groups excluding tert-OH is 1. The van der Waals surface area contributed by atoms with Gasteiger partial charge in [-0.15, -0.1) is 0 Å². The van der Waals surface area contributed by atoms with Gasteiger partial charge in [-0.1, -0.05) is 73.7 Å². The molecular formula is C41H43N5O9. The van der Waals surface area contributed by atoms with Crippen molar-refractivity contribution >= 4 is 35.0 Å². The number of nitrogens with zero attached hydrogens (tertiary/aromatic N) is 4. The highest BCUT2D eigenvalue weighted by Crippen LogP contribution is 2.42. The number of ether oxygens (including phenoxy) is 3. The first kappa shape index (κ1) is 37.6. The molecule has 0 spiro atoms. The molecule has 0 aromatic heterocycles. The van der Waals surface area contributed by atoms with E-state index in [1.165, 1.54) is 12.1 Å². The van der Waals surface area contributed by atoms with E-state index < -0.39 is 35.2 Å². The van der Waals surface area contributed by atoms with E-state index in [1.54, 1.807) is 36.4 Å². The molecule has 14 nitrogen and oxygen atoms in total. The van der Waals surface area contributed by atoms with Crippen LogP contribution in [0.4, 0.5) is 21.9 Å². The van der Waals surface area contributed by atoms with Gasteiger partial charge in [0.25, 0.3) is 11.6 Å². The van der Waals surface area contributed by atoms with Crippen LogP contribution in [0.25, 0.3) is 0 Å². The Balaban J connectivity index is 1.02. The Morgan fingerprint density at radius 3 is 2.16 bits per heavy atom. The Labute approximate surface area is 318 Å². The van der Waals surface area contributed by atoms with E-state index in [9.17, 15) is 29.6 Å². The van der Waals surface area contributed by atoms with E-state index in [-0.39, 0.29) is 43.4 Å². The molecule has 14 heteroatoms. The summed E-state index contributed by atoms with van der Waals surface area (Å²) in [5, 5.41) is 23.2.